The summed E-state index contributed by atoms with van der Waals surface area (Å²) in [6, 6.07) is 0.293. The molecule has 0 bridgehead atoms. The van der Waals surface area contributed by atoms with E-state index in [0.29, 0.717) is 17.5 Å². The van der Waals surface area contributed by atoms with E-state index in [9.17, 15) is 4.79 Å². The van der Waals surface area contributed by atoms with Crippen LogP contribution in [0.5, 0.6) is 0 Å². The quantitative estimate of drug-likeness (QED) is 0.818. The van der Waals surface area contributed by atoms with Crippen LogP contribution >= 0.6 is 11.6 Å². The molecule has 1 amide bonds. The Hall–Kier alpha value is -1.59. The van der Waals surface area contributed by atoms with Crippen molar-refractivity contribution in [1.82, 2.24) is 15.9 Å². The van der Waals surface area contributed by atoms with Gasteiger partial charge in [0.05, 0.1) is 16.4 Å². The topological polar surface area (TPSA) is 56.7 Å². The van der Waals surface area contributed by atoms with Crippen LogP contribution < -0.4 is 10.9 Å². The Morgan fingerprint density at radius 1 is 1.55 bits per heavy atom. The lowest BCUT2D eigenvalue weighted by molar-refractivity contribution is -0.121. The summed E-state index contributed by atoms with van der Waals surface area (Å²) in [7, 11) is 0. The maximum absolute atomic E-state index is 11.4. The maximum atomic E-state index is 11.4. The van der Waals surface area contributed by atoms with Gasteiger partial charge in [-0.2, -0.15) is 5.10 Å². The number of rotatable bonds is 2. The molecule has 0 aliphatic carbocycles. The van der Waals surface area contributed by atoms with Crippen LogP contribution in [0.2, 0.25) is 0 Å². The first kappa shape index (κ1) is 13.4. The molecule has 20 heavy (non-hydrogen) atoms. The van der Waals surface area contributed by atoms with Gasteiger partial charge in [0.2, 0.25) is 5.91 Å². The van der Waals surface area contributed by atoms with Gasteiger partial charge in [-0.1, -0.05) is 25.4 Å². The van der Waals surface area contributed by atoms with E-state index in [1.54, 1.807) is 0 Å². The molecule has 3 rings (SSSR count). The molecule has 0 aromatic carbocycles. The van der Waals surface area contributed by atoms with Gasteiger partial charge >= 0.3 is 0 Å². The predicted octanol–water partition coefficient (Wildman–Crippen LogP) is 2.00. The number of hydrazone groups is 1. The van der Waals surface area contributed by atoms with E-state index in [0.717, 1.165) is 23.4 Å². The van der Waals surface area contributed by atoms with Crippen LogP contribution in [0, 0.1) is 5.92 Å². The summed E-state index contributed by atoms with van der Waals surface area (Å²) in [5.74, 6) is 0.0436. The van der Waals surface area contributed by atoms with Crippen LogP contribution in [0.25, 0.3) is 0 Å². The SMILES string of the molecule is CCC1C=C2C(C3=NNC(=O)CC3C)=CC(Cl)=CN2N1. The lowest BCUT2D eigenvalue weighted by Crippen LogP contribution is -2.37. The van der Waals surface area contributed by atoms with E-state index in [2.05, 4.69) is 29.0 Å². The number of nitrogens with zero attached hydrogens (tertiary/aromatic N) is 2. The lowest BCUT2D eigenvalue weighted by atomic mass is 9.90. The standard InChI is InChI=1S/C14H17ClN4O/c1-3-10-6-12-11(5-9(15)7-19(12)18-10)14-8(2)4-13(20)16-17-14/h5-8,10,18H,3-4H2,1-2H3,(H,16,20). The summed E-state index contributed by atoms with van der Waals surface area (Å²) in [4.78, 5) is 11.4. The average Bonchev–Trinajstić information content (AvgIpc) is 2.81. The van der Waals surface area contributed by atoms with Crippen molar-refractivity contribution in [1.29, 1.82) is 0 Å². The van der Waals surface area contributed by atoms with Gasteiger partial charge in [-0.3, -0.25) is 9.80 Å². The summed E-state index contributed by atoms with van der Waals surface area (Å²) in [6.45, 7) is 4.14. The second kappa shape index (κ2) is 5.07. The van der Waals surface area contributed by atoms with Gasteiger partial charge in [0.1, 0.15) is 0 Å². The van der Waals surface area contributed by atoms with Gasteiger partial charge in [-0.05, 0) is 18.6 Å². The van der Waals surface area contributed by atoms with Crippen molar-refractivity contribution in [3.8, 4) is 0 Å². The predicted molar refractivity (Wildman–Crippen MR) is 78.5 cm³/mol. The van der Waals surface area contributed by atoms with E-state index in [1.165, 1.54) is 0 Å². The van der Waals surface area contributed by atoms with E-state index < -0.39 is 0 Å². The zero-order chi connectivity index (χ0) is 14.3. The Balaban J connectivity index is 1.99. The van der Waals surface area contributed by atoms with Crippen molar-refractivity contribution in [2.24, 2.45) is 11.0 Å². The highest BCUT2D eigenvalue weighted by atomic mass is 35.5. The molecule has 5 nitrogen and oxygen atoms in total. The number of allylic oxidation sites excluding steroid dienone is 3. The number of amides is 1. The highest BCUT2D eigenvalue weighted by molar-refractivity contribution is 6.32. The smallest absolute Gasteiger partial charge is 0.240 e. The van der Waals surface area contributed by atoms with Crippen molar-refractivity contribution in [3.05, 3.63) is 34.7 Å². The summed E-state index contributed by atoms with van der Waals surface area (Å²) >= 11 is 6.20. The molecule has 2 N–H and O–H groups in total. The second-order valence-electron chi connectivity index (χ2n) is 5.27. The summed E-state index contributed by atoms with van der Waals surface area (Å²) in [6.07, 6.45) is 7.40. The molecule has 2 unspecified atom stereocenters. The molecule has 0 aromatic rings. The summed E-state index contributed by atoms with van der Waals surface area (Å²) < 4.78 is 0. The molecule has 6 heteroatoms. The number of carbonyl (C=O) groups excluding carboxylic acids is 1. The minimum absolute atomic E-state index is 0.0406. The molecule has 106 valence electrons. The van der Waals surface area contributed by atoms with Crippen LogP contribution in [-0.2, 0) is 4.79 Å². The molecular formula is C14H17ClN4O. The monoisotopic (exact) mass is 292 g/mol. The van der Waals surface area contributed by atoms with Crippen molar-refractivity contribution in [3.63, 3.8) is 0 Å². The van der Waals surface area contributed by atoms with Crippen molar-refractivity contribution in [2.75, 3.05) is 0 Å². The Labute approximate surface area is 123 Å². The van der Waals surface area contributed by atoms with E-state index >= 15 is 0 Å². The van der Waals surface area contributed by atoms with E-state index in [-0.39, 0.29) is 11.8 Å². The third-order valence-electron chi connectivity index (χ3n) is 3.71. The van der Waals surface area contributed by atoms with Gasteiger partial charge in [0.25, 0.3) is 0 Å². The third kappa shape index (κ3) is 2.27. The molecule has 0 aromatic heterocycles. The number of hydrogen-bond donors (Lipinski definition) is 2. The van der Waals surface area contributed by atoms with E-state index in [1.807, 2.05) is 24.2 Å². The van der Waals surface area contributed by atoms with Gasteiger partial charge in [0.15, 0.2) is 0 Å². The second-order valence-corrected chi connectivity index (χ2v) is 5.71. The fraction of sp³-hybridized carbons (Fsp3) is 0.429. The van der Waals surface area contributed by atoms with Crippen LogP contribution in [0.1, 0.15) is 26.7 Å². The molecule has 3 aliphatic heterocycles. The van der Waals surface area contributed by atoms with Gasteiger partial charge < -0.3 is 0 Å². The molecule has 0 radical (unpaired) electrons. The first-order valence-corrected chi connectivity index (χ1v) is 7.19. The number of hydrazine groups is 1. The molecule has 0 saturated carbocycles. The van der Waals surface area contributed by atoms with Gasteiger partial charge in [-0.25, -0.2) is 10.9 Å². The first-order chi connectivity index (χ1) is 9.58. The van der Waals surface area contributed by atoms with Crippen LogP contribution in [-0.4, -0.2) is 22.7 Å². The molecule has 0 fully saturated rings. The Morgan fingerprint density at radius 2 is 2.35 bits per heavy atom. The highest BCUT2D eigenvalue weighted by Crippen LogP contribution is 2.32. The number of halogens is 1. The number of nitrogens with one attached hydrogen (secondary N) is 2. The first-order valence-electron chi connectivity index (χ1n) is 6.82. The molecule has 0 spiro atoms. The van der Waals surface area contributed by atoms with Gasteiger partial charge in [0, 0.05) is 30.2 Å². The maximum Gasteiger partial charge on any atom is 0.240 e. The largest absolute Gasteiger partial charge is 0.282 e. The lowest BCUT2D eigenvalue weighted by Gasteiger charge is -2.28. The van der Waals surface area contributed by atoms with E-state index in [4.69, 9.17) is 11.6 Å². The van der Waals surface area contributed by atoms with Crippen molar-refractivity contribution in [2.45, 2.75) is 32.7 Å². The fourth-order valence-electron chi connectivity index (χ4n) is 2.65. The minimum atomic E-state index is -0.0406. The summed E-state index contributed by atoms with van der Waals surface area (Å²) in [5.41, 5.74) is 8.84. The zero-order valence-corrected chi connectivity index (χ0v) is 12.2. The van der Waals surface area contributed by atoms with Crippen LogP contribution in [0.3, 0.4) is 0 Å². The fourth-order valence-corrected chi connectivity index (χ4v) is 2.85. The van der Waals surface area contributed by atoms with Crippen molar-refractivity contribution < 1.29 is 4.79 Å². The zero-order valence-electron chi connectivity index (χ0n) is 11.5. The Bertz CT molecular complexity index is 576. The Morgan fingerprint density at radius 3 is 3.05 bits per heavy atom. The van der Waals surface area contributed by atoms with Crippen LogP contribution in [0.15, 0.2) is 39.8 Å². The molecule has 0 saturated heterocycles. The van der Waals surface area contributed by atoms with Gasteiger partial charge in [-0.15, -0.1) is 0 Å². The molecule has 2 atom stereocenters. The normalized spacial score (nSPS) is 29.1. The third-order valence-corrected chi connectivity index (χ3v) is 3.92. The van der Waals surface area contributed by atoms with Crippen LogP contribution in [0.4, 0.5) is 0 Å². The highest BCUT2D eigenvalue weighted by Gasteiger charge is 2.32. The minimum Gasteiger partial charge on any atom is -0.282 e. The Kier molecular flexibility index (Phi) is 3.40. The average molecular weight is 293 g/mol. The molecular weight excluding hydrogens is 276 g/mol. The number of fused-ring (bicyclic) bond motifs is 1. The molecule has 3 heterocycles. The number of carbonyl (C=O) groups is 1. The summed E-state index contributed by atoms with van der Waals surface area (Å²) in [5, 5.41) is 6.82. The molecule has 3 aliphatic rings. The van der Waals surface area contributed by atoms with Crippen molar-refractivity contribution >= 4 is 23.2 Å². The number of hydrogen-bond acceptors (Lipinski definition) is 4.